The number of pyridine rings is 1. The van der Waals surface area contributed by atoms with Crippen LogP contribution < -0.4 is 5.32 Å². The molecule has 0 aliphatic rings. The maximum Gasteiger partial charge on any atom is 0.272 e. The van der Waals surface area contributed by atoms with E-state index in [0.29, 0.717) is 18.8 Å². The summed E-state index contributed by atoms with van der Waals surface area (Å²) in [6, 6.07) is 3.54. The molecule has 0 saturated carbocycles. The van der Waals surface area contributed by atoms with Crippen LogP contribution in [0.25, 0.3) is 0 Å². The number of likely N-dealkylation sites (N-methyl/N-ethyl adjacent to an activating group) is 1. The zero-order valence-electron chi connectivity index (χ0n) is 9.86. The Labute approximate surface area is 95.4 Å². The number of anilines is 1. The lowest BCUT2D eigenvalue weighted by Crippen LogP contribution is -2.30. The van der Waals surface area contributed by atoms with E-state index in [1.807, 2.05) is 6.07 Å². The van der Waals surface area contributed by atoms with E-state index in [1.54, 1.807) is 38.4 Å². The van der Waals surface area contributed by atoms with Crippen molar-refractivity contribution in [3.63, 3.8) is 0 Å². The van der Waals surface area contributed by atoms with Crippen molar-refractivity contribution in [2.24, 2.45) is 0 Å². The Morgan fingerprint density at radius 1 is 1.62 bits per heavy atom. The van der Waals surface area contributed by atoms with Gasteiger partial charge in [0.25, 0.3) is 5.91 Å². The lowest BCUT2D eigenvalue weighted by molar-refractivity contribution is 0.0738. The van der Waals surface area contributed by atoms with Crippen molar-refractivity contribution in [3.8, 4) is 0 Å². The zero-order chi connectivity index (χ0) is 12.0. The van der Waals surface area contributed by atoms with Crippen LogP contribution in [-0.4, -0.2) is 50.1 Å². The van der Waals surface area contributed by atoms with Gasteiger partial charge >= 0.3 is 0 Å². The van der Waals surface area contributed by atoms with Gasteiger partial charge in [-0.1, -0.05) is 0 Å². The molecule has 5 nitrogen and oxygen atoms in total. The summed E-state index contributed by atoms with van der Waals surface area (Å²) in [4.78, 5) is 17.5. The lowest BCUT2D eigenvalue weighted by Gasteiger charge is -2.16. The minimum absolute atomic E-state index is 0.103. The number of carbonyl (C=O) groups excluding carboxylic acids is 1. The number of hydrogen-bond acceptors (Lipinski definition) is 4. The monoisotopic (exact) mass is 223 g/mol. The molecule has 0 spiro atoms. The number of nitrogens with zero attached hydrogens (tertiary/aromatic N) is 2. The maximum atomic E-state index is 11.9. The predicted molar refractivity (Wildman–Crippen MR) is 62.6 cm³/mol. The molecule has 0 unspecified atom stereocenters. The molecule has 1 amide bonds. The van der Waals surface area contributed by atoms with Gasteiger partial charge in [-0.3, -0.25) is 9.78 Å². The molecule has 0 fully saturated rings. The molecule has 0 aliphatic heterocycles. The van der Waals surface area contributed by atoms with Crippen LogP contribution in [0.5, 0.6) is 0 Å². The van der Waals surface area contributed by atoms with Crippen LogP contribution in [0.3, 0.4) is 0 Å². The molecule has 0 aliphatic carbocycles. The van der Waals surface area contributed by atoms with Crippen LogP contribution in [0.15, 0.2) is 18.3 Å². The van der Waals surface area contributed by atoms with Crippen molar-refractivity contribution < 1.29 is 9.53 Å². The molecule has 0 saturated heterocycles. The molecule has 1 rings (SSSR count). The van der Waals surface area contributed by atoms with Crippen molar-refractivity contribution in [3.05, 3.63) is 24.0 Å². The molecule has 1 N–H and O–H groups in total. The average molecular weight is 223 g/mol. The zero-order valence-corrected chi connectivity index (χ0v) is 9.86. The van der Waals surface area contributed by atoms with E-state index in [9.17, 15) is 4.79 Å². The third-order valence-corrected chi connectivity index (χ3v) is 2.25. The fourth-order valence-electron chi connectivity index (χ4n) is 1.23. The van der Waals surface area contributed by atoms with Crippen LogP contribution in [0.1, 0.15) is 10.5 Å². The second kappa shape index (κ2) is 6.07. The van der Waals surface area contributed by atoms with Crippen LogP contribution in [-0.2, 0) is 4.74 Å². The number of aromatic nitrogens is 1. The van der Waals surface area contributed by atoms with Gasteiger partial charge in [0.2, 0.25) is 0 Å². The summed E-state index contributed by atoms with van der Waals surface area (Å²) in [6.45, 7) is 1.08. The van der Waals surface area contributed by atoms with Gasteiger partial charge in [-0.05, 0) is 12.1 Å². The number of amides is 1. The Morgan fingerprint density at radius 3 is 3.00 bits per heavy atom. The molecular weight excluding hydrogens is 206 g/mol. The van der Waals surface area contributed by atoms with E-state index in [2.05, 4.69) is 10.3 Å². The first-order valence-corrected chi connectivity index (χ1v) is 5.07. The van der Waals surface area contributed by atoms with Gasteiger partial charge in [-0.25, -0.2) is 0 Å². The van der Waals surface area contributed by atoms with Gasteiger partial charge in [0, 0.05) is 39.6 Å². The number of ether oxygens (including phenoxy) is 1. The molecule has 0 radical (unpaired) electrons. The first kappa shape index (κ1) is 12.4. The van der Waals surface area contributed by atoms with Crippen LogP contribution >= 0.6 is 0 Å². The van der Waals surface area contributed by atoms with E-state index < -0.39 is 0 Å². The smallest absolute Gasteiger partial charge is 0.272 e. The molecule has 5 heteroatoms. The molecule has 16 heavy (non-hydrogen) atoms. The Morgan fingerprint density at radius 2 is 2.38 bits per heavy atom. The van der Waals surface area contributed by atoms with E-state index in [1.165, 1.54) is 0 Å². The number of methoxy groups -OCH3 is 1. The van der Waals surface area contributed by atoms with Crippen molar-refractivity contribution in [2.75, 3.05) is 39.7 Å². The molecule has 0 aromatic carbocycles. The summed E-state index contributed by atoms with van der Waals surface area (Å²) in [5.74, 6) is -0.103. The highest BCUT2D eigenvalue weighted by Crippen LogP contribution is 2.08. The number of rotatable bonds is 5. The van der Waals surface area contributed by atoms with Gasteiger partial charge in [0.05, 0.1) is 6.61 Å². The second-order valence-electron chi connectivity index (χ2n) is 3.40. The van der Waals surface area contributed by atoms with Crippen LogP contribution in [0.4, 0.5) is 5.69 Å². The standard InChI is InChI=1S/C11H17N3O2/c1-12-9-4-5-13-10(8-9)11(15)14(2)6-7-16-3/h4-5,8H,6-7H2,1-3H3,(H,12,13). The fraction of sp³-hybridized carbons (Fsp3) is 0.455. The van der Waals surface area contributed by atoms with Crippen LogP contribution in [0, 0.1) is 0 Å². The van der Waals surface area contributed by atoms with E-state index in [-0.39, 0.29) is 5.91 Å². The fourth-order valence-corrected chi connectivity index (χ4v) is 1.23. The van der Waals surface area contributed by atoms with Crippen molar-refractivity contribution in [1.29, 1.82) is 0 Å². The SMILES string of the molecule is CNc1ccnc(C(=O)N(C)CCOC)c1. The molecule has 88 valence electrons. The number of hydrogen-bond donors (Lipinski definition) is 1. The Hall–Kier alpha value is -1.62. The van der Waals surface area contributed by atoms with Crippen molar-refractivity contribution in [1.82, 2.24) is 9.88 Å². The predicted octanol–water partition coefficient (Wildman–Crippen LogP) is 0.842. The third kappa shape index (κ3) is 3.20. The summed E-state index contributed by atoms with van der Waals surface area (Å²) in [5, 5.41) is 2.97. The molecule has 1 heterocycles. The van der Waals surface area contributed by atoms with Gasteiger partial charge in [-0.2, -0.15) is 0 Å². The normalized spacial score (nSPS) is 9.94. The van der Waals surface area contributed by atoms with Crippen molar-refractivity contribution >= 4 is 11.6 Å². The topological polar surface area (TPSA) is 54.5 Å². The molecule has 0 bridgehead atoms. The highest BCUT2D eigenvalue weighted by Gasteiger charge is 2.12. The van der Waals surface area contributed by atoms with Crippen LogP contribution in [0.2, 0.25) is 0 Å². The number of nitrogens with one attached hydrogen (secondary N) is 1. The minimum Gasteiger partial charge on any atom is -0.388 e. The molecular formula is C11H17N3O2. The summed E-state index contributed by atoms with van der Waals surface area (Å²) >= 11 is 0. The third-order valence-electron chi connectivity index (χ3n) is 2.25. The van der Waals surface area contributed by atoms with E-state index in [0.717, 1.165) is 5.69 Å². The minimum atomic E-state index is -0.103. The molecule has 0 atom stereocenters. The second-order valence-corrected chi connectivity index (χ2v) is 3.40. The van der Waals surface area contributed by atoms with Crippen molar-refractivity contribution in [2.45, 2.75) is 0 Å². The van der Waals surface area contributed by atoms with Gasteiger partial charge in [0.15, 0.2) is 0 Å². The molecule has 1 aromatic rings. The van der Waals surface area contributed by atoms with E-state index in [4.69, 9.17) is 4.74 Å². The maximum absolute atomic E-state index is 11.9. The first-order valence-electron chi connectivity index (χ1n) is 5.07. The Kier molecular flexibility index (Phi) is 4.72. The summed E-state index contributed by atoms with van der Waals surface area (Å²) in [6.07, 6.45) is 1.61. The highest BCUT2D eigenvalue weighted by atomic mass is 16.5. The first-order chi connectivity index (χ1) is 7.69. The lowest BCUT2D eigenvalue weighted by atomic mass is 10.3. The van der Waals surface area contributed by atoms with Gasteiger partial charge in [0.1, 0.15) is 5.69 Å². The summed E-state index contributed by atoms with van der Waals surface area (Å²) < 4.78 is 4.92. The Bertz CT molecular complexity index is 355. The average Bonchev–Trinajstić information content (AvgIpc) is 2.35. The quantitative estimate of drug-likeness (QED) is 0.803. The van der Waals surface area contributed by atoms with Gasteiger partial charge < -0.3 is 15.0 Å². The van der Waals surface area contributed by atoms with Gasteiger partial charge in [-0.15, -0.1) is 0 Å². The van der Waals surface area contributed by atoms with E-state index >= 15 is 0 Å². The summed E-state index contributed by atoms with van der Waals surface area (Å²) in [7, 11) is 5.14. The number of carbonyl (C=O) groups is 1. The molecule has 1 aromatic heterocycles. The summed E-state index contributed by atoms with van der Waals surface area (Å²) in [5.41, 5.74) is 1.31. The highest BCUT2D eigenvalue weighted by molar-refractivity contribution is 5.92. The Balaban J connectivity index is 2.71. The largest absolute Gasteiger partial charge is 0.388 e.